The first-order valence-electron chi connectivity index (χ1n) is 11.0. The maximum Gasteiger partial charge on any atom is 0.409 e. The predicted molar refractivity (Wildman–Crippen MR) is 114 cm³/mol. The van der Waals surface area contributed by atoms with Crippen LogP contribution in [-0.4, -0.2) is 85.9 Å². The first-order valence-corrected chi connectivity index (χ1v) is 11.0. The second-order valence-electron chi connectivity index (χ2n) is 8.53. The Morgan fingerprint density at radius 2 is 1.81 bits per heavy atom. The lowest BCUT2D eigenvalue weighted by Gasteiger charge is -2.36. The molecule has 0 aliphatic carbocycles. The van der Waals surface area contributed by atoms with Crippen LogP contribution in [-0.2, 0) is 19.1 Å². The van der Waals surface area contributed by atoms with Gasteiger partial charge in [-0.15, -0.1) is 0 Å². The summed E-state index contributed by atoms with van der Waals surface area (Å²) in [7, 11) is 1.60. The summed E-state index contributed by atoms with van der Waals surface area (Å²) in [6.07, 6.45) is 3.12. The molecule has 0 N–H and O–H groups in total. The third-order valence-electron chi connectivity index (χ3n) is 6.89. The van der Waals surface area contributed by atoms with Gasteiger partial charge in [0, 0.05) is 31.9 Å². The number of carbonyl (C=O) groups excluding carboxylic acids is 3. The van der Waals surface area contributed by atoms with Gasteiger partial charge in [-0.3, -0.25) is 9.59 Å². The molecular formula is C23H27N3O6. The van der Waals surface area contributed by atoms with Crippen molar-refractivity contribution in [3.63, 3.8) is 0 Å². The van der Waals surface area contributed by atoms with Crippen molar-refractivity contribution in [3.05, 3.63) is 36.4 Å². The quantitative estimate of drug-likeness (QED) is 0.654. The van der Waals surface area contributed by atoms with Crippen molar-refractivity contribution in [3.8, 4) is 5.75 Å². The summed E-state index contributed by atoms with van der Waals surface area (Å²) in [6.45, 7) is 4.14. The molecule has 170 valence electrons. The summed E-state index contributed by atoms with van der Waals surface area (Å²) in [5, 5.41) is 0. The molecule has 0 saturated carbocycles. The van der Waals surface area contributed by atoms with Gasteiger partial charge in [-0.1, -0.05) is 12.2 Å². The highest BCUT2D eigenvalue weighted by Crippen LogP contribution is 2.53. The van der Waals surface area contributed by atoms with Crippen molar-refractivity contribution < 1.29 is 28.6 Å². The Morgan fingerprint density at radius 3 is 2.47 bits per heavy atom. The normalized spacial score (nSPS) is 30.6. The van der Waals surface area contributed by atoms with E-state index in [1.165, 1.54) is 0 Å². The third kappa shape index (κ3) is 3.14. The number of carbonyl (C=O) groups is 3. The molecule has 1 aromatic rings. The Morgan fingerprint density at radius 1 is 1.12 bits per heavy atom. The van der Waals surface area contributed by atoms with Crippen molar-refractivity contribution in [2.24, 2.45) is 11.8 Å². The highest BCUT2D eigenvalue weighted by Gasteiger charge is 2.67. The topological polar surface area (TPSA) is 88.6 Å². The van der Waals surface area contributed by atoms with E-state index in [2.05, 4.69) is 0 Å². The number of rotatable bonds is 4. The van der Waals surface area contributed by atoms with Crippen LogP contribution in [0.2, 0.25) is 0 Å². The number of piperazine rings is 1. The number of fused-ring (bicyclic) bond motifs is 1. The van der Waals surface area contributed by atoms with Crippen LogP contribution in [0.5, 0.6) is 5.75 Å². The number of nitrogens with zero attached hydrogens (tertiary/aromatic N) is 3. The molecule has 4 heterocycles. The second-order valence-corrected chi connectivity index (χ2v) is 8.53. The number of benzene rings is 1. The molecule has 4 atom stereocenters. The van der Waals surface area contributed by atoms with E-state index in [0.29, 0.717) is 45.1 Å². The van der Waals surface area contributed by atoms with Crippen LogP contribution in [0.1, 0.15) is 6.92 Å². The molecule has 9 heteroatoms. The van der Waals surface area contributed by atoms with Crippen LogP contribution < -0.4 is 9.64 Å². The number of anilines is 1. The lowest BCUT2D eigenvalue weighted by Crippen LogP contribution is -2.54. The molecule has 3 amide bonds. The number of hydrogen-bond donors (Lipinski definition) is 0. The van der Waals surface area contributed by atoms with Gasteiger partial charge in [0.25, 0.3) is 0 Å². The minimum absolute atomic E-state index is 0.0836. The maximum absolute atomic E-state index is 13.5. The van der Waals surface area contributed by atoms with Gasteiger partial charge in [0.1, 0.15) is 11.4 Å². The molecule has 32 heavy (non-hydrogen) atoms. The van der Waals surface area contributed by atoms with Gasteiger partial charge in [-0.05, 0) is 31.2 Å². The zero-order chi connectivity index (χ0) is 22.5. The van der Waals surface area contributed by atoms with Crippen LogP contribution in [0.4, 0.5) is 10.5 Å². The number of methoxy groups -OCH3 is 1. The van der Waals surface area contributed by atoms with E-state index < -0.39 is 23.5 Å². The van der Waals surface area contributed by atoms with Gasteiger partial charge >= 0.3 is 6.09 Å². The fourth-order valence-corrected chi connectivity index (χ4v) is 5.30. The van der Waals surface area contributed by atoms with Crippen LogP contribution >= 0.6 is 0 Å². The summed E-state index contributed by atoms with van der Waals surface area (Å²) >= 11 is 0. The molecule has 0 radical (unpaired) electrons. The summed E-state index contributed by atoms with van der Waals surface area (Å²) in [5.41, 5.74) is -0.0105. The number of hydrogen-bond acceptors (Lipinski definition) is 6. The van der Waals surface area contributed by atoms with Crippen molar-refractivity contribution in [1.29, 1.82) is 0 Å². The first kappa shape index (κ1) is 20.8. The van der Waals surface area contributed by atoms with E-state index in [0.717, 1.165) is 5.69 Å². The molecule has 2 bridgehead atoms. The van der Waals surface area contributed by atoms with E-state index >= 15 is 0 Å². The van der Waals surface area contributed by atoms with Gasteiger partial charge < -0.3 is 28.9 Å². The average molecular weight is 441 g/mol. The number of amides is 3. The predicted octanol–water partition coefficient (Wildman–Crippen LogP) is 1.28. The van der Waals surface area contributed by atoms with E-state index in [1.54, 1.807) is 28.7 Å². The smallest absolute Gasteiger partial charge is 0.409 e. The highest BCUT2D eigenvalue weighted by atomic mass is 16.6. The van der Waals surface area contributed by atoms with Crippen LogP contribution in [0.15, 0.2) is 36.4 Å². The minimum Gasteiger partial charge on any atom is -0.497 e. The number of ether oxygens (including phenoxy) is 3. The SMILES string of the molecule is CCOC(=O)N1CCN(C(=O)C2[C@H]3C=C[C@]4(CN(c5ccc(OC)cc5)C(=O)[C@@H]24)O3)CC1. The standard InChI is InChI=1S/C23H27N3O6/c1-3-31-22(29)25-12-10-24(11-13-25)20(27)18-17-8-9-23(32-17)14-26(21(28)19(18)23)15-4-6-16(30-2)7-5-15/h4-9,17-19H,3,10-14H2,1-2H3/t17-,18?,19-,23-/m1/s1. The molecular weight excluding hydrogens is 414 g/mol. The molecule has 3 fully saturated rings. The van der Waals surface area contributed by atoms with Crippen molar-refractivity contribution in [1.82, 2.24) is 9.80 Å². The van der Waals surface area contributed by atoms with Gasteiger partial charge in [0.05, 0.1) is 38.2 Å². The molecule has 3 saturated heterocycles. The Bertz CT molecular complexity index is 955. The van der Waals surface area contributed by atoms with Crippen LogP contribution in [0.3, 0.4) is 0 Å². The fourth-order valence-electron chi connectivity index (χ4n) is 5.30. The Balaban J connectivity index is 1.32. The summed E-state index contributed by atoms with van der Waals surface area (Å²) in [6, 6.07) is 7.31. The van der Waals surface area contributed by atoms with Gasteiger partial charge in [0.15, 0.2) is 0 Å². The Kier molecular flexibility index (Phi) is 5.08. The molecule has 4 aliphatic heterocycles. The lowest BCUT2D eigenvalue weighted by molar-refractivity contribution is -0.141. The summed E-state index contributed by atoms with van der Waals surface area (Å²) < 4.78 is 16.5. The van der Waals surface area contributed by atoms with E-state index in [-0.39, 0.29) is 17.9 Å². The van der Waals surface area contributed by atoms with Crippen LogP contribution in [0, 0.1) is 11.8 Å². The van der Waals surface area contributed by atoms with Gasteiger partial charge in [-0.25, -0.2) is 4.79 Å². The molecule has 5 rings (SSSR count). The van der Waals surface area contributed by atoms with E-state index in [4.69, 9.17) is 14.2 Å². The maximum atomic E-state index is 13.5. The monoisotopic (exact) mass is 441 g/mol. The molecule has 1 aromatic carbocycles. The highest BCUT2D eigenvalue weighted by molar-refractivity contribution is 6.03. The average Bonchev–Trinajstić information content (AvgIpc) is 3.47. The molecule has 9 nitrogen and oxygen atoms in total. The Hall–Kier alpha value is -3.07. The van der Waals surface area contributed by atoms with Crippen molar-refractivity contribution in [2.45, 2.75) is 18.6 Å². The zero-order valence-corrected chi connectivity index (χ0v) is 18.2. The molecule has 1 unspecified atom stereocenters. The van der Waals surface area contributed by atoms with Crippen LogP contribution in [0.25, 0.3) is 0 Å². The Labute approximate surface area is 186 Å². The summed E-state index contributed by atoms with van der Waals surface area (Å²) in [5.74, 6) is -0.559. The molecule has 0 aromatic heterocycles. The van der Waals surface area contributed by atoms with Gasteiger partial charge in [-0.2, -0.15) is 0 Å². The molecule has 4 aliphatic rings. The van der Waals surface area contributed by atoms with Crippen molar-refractivity contribution >= 4 is 23.6 Å². The third-order valence-corrected chi connectivity index (χ3v) is 6.89. The molecule has 1 spiro atoms. The second kappa shape index (κ2) is 7.81. The minimum atomic E-state index is -0.769. The zero-order valence-electron chi connectivity index (χ0n) is 18.2. The largest absolute Gasteiger partial charge is 0.497 e. The summed E-state index contributed by atoms with van der Waals surface area (Å²) in [4.78, 5) is 44.0. The van der Waals surface area contributed by atoms with E-state index in [9.17, 15) is 14.4 Å². The first-order chi connectivity index (χ1) is 15.5. The lowest BCUT2D eigenvalue weighted by atomic mass is 9.76. The fraction of sp³-hybridized carbons (Fsp3) is 0.522. The van der Waals surface area contributed by atoms with Gasteiger partial charge in [0.2, 0.25) is 11.8 Å². The van der Waals surface area contributed by atoms with E-state index in [1.807, 2.05) is 36.4 Å². The van der Waals surface area contributed by atoms with Crippen molar-refractivity contribution in [2.75, 3.05) is 51.3 Å².